The number of rotatable bonds is 5. The largest absolute Gasteiger partial charge is 0.381 e. The second kappa shape index (κ2) is 5.45. The quantitative estimate of drug-likeness (QED) is 0.866. The summed E-state index contributed by atoms with van der Waals surface area (Å²) in [4.78, 5) is 0. The zero-order valence-electron chi connectivity index (χ0n) is 11.3. The standard InChI is InChI=1S/C15H24N2O/c1-12-14(10-16-15-2-3-15)4-7-17(12)11-13-5-8-18-9-6-13/h4,7,13,15-16H,2-3,5-6,8-11H2,1H3. The summed E-state index contributed by atoms with van der Waals surface area (Å²) in [6.07, 6.45) is 7.42. The zero-order chi connectivity index (χ0) is 12.4. The molecule has 0 radical (unpaired) electrons. The summed E-state index contributed by atoms with van der Waals surface area (Å²) >= 11 is 0. The van der Waals surface area contributed by atoms with E-state index in [9.17, 15) is 0 Å². The first-order valence-electron chi connectivity index (χ1n) is 7.28. The van der Waals surface area contributed by atoms with E-state index in [2.05, 4.69) is 29.1 Å². The lowest BCUT2D eigenvalue weighted by molar-refractivity contribution is 0.0611. The summed E-state index contributed by atoms with van der Waals surface area (Å²) in [5.74, 6) is 0.800. The van der Waals surface area contributed by atoms with Gasteiger partial charge in [-0.15, -0.1) is 0 Å². The lowest BCUT2D eigenvalue weighted by Crippen LogP contribution is -2.21. The van der Waals surface area contributed by atoms with Crippen molar-refractivity contribution in [2.45, 2.75) is 51.7 Å². The molecule has 3 nitrogen and oxygen atoms in total. The predicted molar refractivity (Wildman–Crippen MR) is 72.6 cm³/mol. The average Bonchev–Trinajstić information content (AvgIpc) is 3.16. The van der Waals surface area contributed by atoms with Crippen LogP contribution in [-0.4, -0.2) is 23.8 Å². The van der Waals surface area contributed by atoms with Gasteiger partial charge in [0.05, 0.1) is 0 Å². The smallest absolute Gasteiger partial charge is 0.0469 e. The Morgan fingerprint density at radius 1 is 1.28 bits per heavy atom. The Morgan fingerprint density at radius 3 is 2.78 bits per heavy atom. The lowest BCUT2D eigenvalue weighted by Gasteiger charge is -2.23. The first-order valence-corrected chi connectivity index (χ1v) is 7.28. The van der Waals surface area contributed by atoms with E-state index in [-0.39, 0.29) is 0 Å². The van der Waals surface area contributed by atoms with Crippen LogP contribution >= 0.6 is 0 Å². The van der Waals surface area contributed by atoms with E-state index in [4.69, 9.17) is 4.74 Å². The molecule has 0 spiro atoms. The number of hydrogen-bond donors (Lipinski definition) is 1. The summed E-state index contributed by atoms with van der Waals surface area (Å²) in [7, 11) is 0. The fourth-order valence-corrected chi connectivity index (χ4v) is 2.73. The van der Waals surface area contributed by atoms with Crippen molar-refractivity contribution in [2.75, 3.05) is 13.2 Å². The number of nitrogens with one attached hydrogen (secondary N) is 1. The van der Waals surface area contributed by atoms with Crippen LogP contribution in [0.4, 0.5) is 0 Å². The molecule has 0 unspecified atom stereocenters. The maximum Gasteiger partial charge on any atom is 0.0469 e. The SMILES string of the molecule is Cc1c(CNC2CC2)ccn1CC1CCOCC1. The van der Waals surface area contributed by atoms with Crippen molar-refractivity contribution in [2.24, 2.45) is 5.92 Å². The number of nitrogens with zero attached hydrogens (tertiary/aromatic N) is 1. The van der Waals surface area contributed by atoms with Crippen molar-refractivity contribution >= 4 is 0 Å². The number of aromatic nitrogens is 1. The second-order valence-electron chi connectivity index (χ2n) is 5.79. The maximum atomic E-state index is 5.43. The maximum absolute atomic E-state index is 5.43. The monoisotopic (exact) mass is 248 g/mol. The molecule has 0 amide bonds. The van der Waals surface area contributed by atoms with Gasteiger partial charge in [-0.2, -0.15) is 0 Å². The molecule has 0 atom stereocenters. The molecular formula is C15H24N2O. The molecule has 100 valence electrons. The predicted octanol–water partition coefficient (Wildman–Crippen LogP) is 2.48. The molecule has 1 aliphatic heterocycles. The van der Waals surface area contributed by atoms with E-state index in [0.717, 1.165) is 31.7 Å². The molecule has 1 saturated carbocycles. The van der Waals surface area contributed by atoms with Crippen LogP contribution in [-0.2, 0) is 17.8 Å². The molecule has 1 saturated heterocycles. The van der Waals surface area contributed by atoms with Crippen molar-refractivity contribution in [3.8, 4) is 0 Å². The summed E-state index contributed by atoms with van der Waals surface area (Å²) in [5.41, 5.74) is 2.91. The minimum Gasteiger partial charge on any atom is -0.381 e. The molecule has 1 N–H and O–H groups in total. The van der Waals surface area contributed by atoms with Crippen LogP contribution in [0.25, 0.3) is 0 Å². The van der Waals surface area contributed by atoms with Crippen LogP contribution in [0.3, 0.4) is 0 Å². The van der Waals surface area contributed by atoms with Crippen LogP contribution in [0.5, 0.6) is 0 Å². The molecule has 1 aromatic rings. The summed E-state index contributed by atoms with van der Waals surface area (Å²) in [6, 6.07) is 3.08. The van der Waals surface area contributed by atoms with Gasteiger partial charge in [0.15, 0.2) is 0 Å². The van der Waals surface area contributed by atoms with Gasteiger partial charge < -0.3 is 14.6 Å². The van der Waals surface area contributed by atoms with Gasteiger partial charge in [0, 0.05) is 44.2 Å². The Balaban J connectivity index is 1.57. The summed E-state index contributed by atoms with van der Waals surface area (Å²) in [5, 5.41) is 3.60. The molecule has 1 aromatic heterocycles. The normalized spacial score (nSPS) is 21.4. The first kappa shape index (κ1) is 12.2. The number of hydrogen-bond acceptors (Lipinski definition) is 2. The highest BCUT2D eigenvalue weighted by atomic mass is 16.5. The Hall–Kier alpha value is -0.800. The first-order chi connectivity index (χ1) is 8.83. The van der Waals surface area contributed by atoms with Gasteiger partial charge in [-0.25, -0.2) is 0 Å². The Labute approximate surface area is 110 Å². The fourth-order valence-electron chi connectivity index (χ4n) is 2.73. The Bertz CT molecular complexity index is 389. The molecule has 18 heavy (non-hydrogen) atoms. The highest BCUT2D eigenvalue weighted by Gasteiger charge is 2.21. The third kappa shape index (κ3) is 2.96. The molecule has 2 aliphatic rings. The van der Waals surface area contributed by atoms with Crippen LogP contribution in [0.2, 0.25) is 0 Å². The van der Waals surface area contributed by atoms with Crippen LogP contribution in [0, 0.1) is 12.8 Å². The molecule has 0 bridgehead atoms. The molecular weight excluding hydrogens is 224 g/mol. The Kier molecular flexibility index (Phi) is 3.71. The molecule has 3 heteroatoms. The van der Waals surface area contributed by atoms with E-state index < -0.39 is 0 Å². The van der Waals surface area contributed by atoms with Crippen molar-refractivity contribution < 1.29 is 4.74 Å². The van der Waals surface area contributed by atoms with Crippen LogP contribution in [0.15, 0.2) is 12.3 Å². The second-order valence-corrected chi connectivity index (χ2v) is 5.79. The van der Waals surface area contributed by atoms with Gasteiger partial charge in [-0.05, 0) is 50.2 Å². The highest BCUT2D eigenvalue weighted by Crippen LogP contribution is 2.22. The van der Waals surface area contributed by atoms with Crippen LogP contribution in [0.1, 0.15) is 36.9 Å². The molecule has 3 rings (SSSR count). The van der Waals surface area contributed by atoms with E-state index in [0.29, 0.717) is 0 Å². The summed E-state index contributed by atoms with van der Waals surface area (Å²) in [6.45, 7) is 6.35. The third-order valence-corrected chi connectivity index (χ3v) is 4.31. The van der Waals surface area contributed by atoms with E-state index in [1.807, 2.05) is 0 Å². The fraction of sp³-hybridized carbons (Fsp3) is 0.733. The third-order valence-electron chi connectivity index (χ3n) is 4.31. The minimum absolute atomic E-state index is 0.795. The van der Waals surface area contributed by atoms with Crippen molar-refractivity contribution in [1.82, 2.24) is 9.88 Å². The lowest BCUT2D eigenvalue weighted by atomic mass is 10.0. The van der Waals surface area contributed by atoms with Crippen molar-refractivity contribution in [3.05, 3.63) is 23.5 Å². The average molecular weight is 248 g/mol. The van der Waals surface area contributed by atoms with Crippen LogP contribution < -0.4 is 5.32 Å². The molecule has 2 heterocycles. The molecule has 1 aliphatic carbocycles. The van der Waals surface area contributed by atoms with Crippen molar-refractivity contribution in [1.29, 1.82) is 0 Å². The zero-order valence-corrected chi connectivity index (χ0v) is 11.3. The van der Waals surface area contributed by atoms with E-state index >= 15 is 0 Å². The van der Waals surface area contributed by atoms with Gasteiger partial charge in [0.2, 0.25) is 0 Å². The van der Waals surface area contributed by atoms with Gasteiger partial charge in [0.1, 0.15) is 0 Å². The van der Waals surface area contributed by atoms with Gasteiger partial charge in [-0.3, -0.25) is 0 Å². The topological polar surface area (TPSA) is 26.2 Å². The summed E-state index contributed by atoms with van der Waals surface area (Å²) < 4.78 is 7.86. The van der Waals surface area contributed by atoms with E-state index in [1.54, 1.807) is 0 Å². The minimum atomic E-state index is 0.795. The van der Waals surface area contributed by atoms with Gasteiger partial charge in [-0.1, -0.05) is 0 Å². The van der Waals surface area contributed by atoms with Crippen molar-refractivity contribution in [3.63, 3.8) is 0 Å². The van der Waals surface area contributed by atoms with Gasteiger partial charge >= 0.3 is 0 Å². The molecule has 2 fully saturated rings. The number of ether oxygens (including phenoxy) is 1. The highest BCUT2D eigenvalue weighted by molar-refractivity contribution is 5.21. The Morgan fingerprint density at radius 2 is 2.06 bits per heavy atom. The molecule has 0 aromatic carbocycles. The van der Waals surface area contributed by atoms with E-state index in [1.165, 1.54) is 43.5 Å². The van der Waals surface area contributed by atoms with Gasteiger partial charge in [0.25, 0.3) is 0 Å².